The van der Waals surface area contributed by atoms with Crippen LogP contribution in [0.3, 0.4) is 0 Å². The van der Waals surface area contributed by atoms with E-state index in [2.05, 4.69) is 5.32 Å². The van der Waals surface area contributed by atoms with Gasteiger partial charge in [-0.2, -0.15) is 0 Å². The lowest BCUT2D eigenvalue weighted by Gasteiger charge is -2.03. The van der Waals surface area contributed by atoms with Crippen LogP contribution in [-0.4, -0.2) is 12.9 Å². The summed E-state index contributed by atoms with van der Waals surface area (Å²) in [5.41, 5.74) is 0. The van der Waals surface area contributed by atoms with E-state index in [9.17, 15) is 0 Å². The first-order valence-corrected chi connectivity index (χ1v) is 2.44. The standard InChI is InChI=1S/C5H12N2/c1-4(2)5(6)7-3/h4H,1-3H3,(H2,6,7). The Labute approximate surface area is 44.4 Å². The number of nitrogens with one attached hydrogen (secondary N) is 2. The van der Waals surface area contributed by atoms with Gasteiger partial charge in [-0.3, -0.25) is 5.41 Å². The summed E-state index contributed by atoms with van der Waals surface area (Å²) in [6, 6.07) is 0. The van der Waals surface area contributed by atoms with Gasteiger partial charge in [-0.15, -0.1) is 0 Å². The van der Waals surface area contributed by atoms with Crippen molar-refractivity contribution in [2.24, 2.45) is 5.92 Å². The van der Waals surface area contributed by atoms with E-state index in [0.717, 1.165) is 0 Å². The highest BCUT2D eigenvalue weighted by atomic mass is 14.9. The molecule has 0 aromatic carbocycles. The van der Waals surface area contributed by atoms with E-state index in [1.54, 1.807) is 7.05 Å². The van der Waals surface area contributed by atoms with Gasteiger partial charge in [-0.25, -0.2) is 0 Å². The van der Waals surface area contributed by atoms with Gasteiger partial charge in [0.15, 0.2) is 0 Å². The zero-order valence-electron chi connectivity index (χ0n) is 5.08. The van der Waals surface area contributed by atoms with Crippen LogP contribution in [0.5, 0.6) is 0 Å². The highest BCUT2D eigenvalue weighted by Crippen LogP contribution is 1.88. The van der Waals surface area contributed by atoms with Gasteiger partial charge < -0.3 is 5.32 Å². The van der Waals surface area contributed by atoms with Crippen LogP contribution in [-0.2, 0) is 0 Å². The Balaban J connectivity index is 3.35. The Kier molecular flexibility index (Phi) is 2.41. The first-order chi connectivity index (χ1) is 3.18. The first kappa shape index (κ1) is 6.47. The van der Waals surface area contributed by atoms with Gasteiger partial charge in [0.25, 0.3) is 0 Å². The second-order valence-electron chi connectivity index (χ2n) is 1.82. The lowest BCUT2D eigenvalue weighted by atomic mass is 10.2. The maximum Gasteiger partial charge on any atom is 0.0955 e. The van der Waals surface area contributed by atoms with Crippen molar-refractivity contribution in [2.75, 3.05) is 7.05 Å². The van der Waals surface area contributed by atoms with Crippen molar-refractivity contribution in [1.82, 2.24) is 5.32 Å². The molecule has 0 heterocycles. The quantitative estimate of drug-likeness (QED) is 0.371. The van der Waals surface area contributed by atoms with Gasteiger partial charge in [-0.1, -0.05) is 13.8 Å². The SMILES string of the molecule is CNC(=N)C(C)C. The number of hydrogen-bond donors (Lipinski definition) is 2. The molecule has 0 amide bonds. The Morgan fingerprint density at radius 3 is 2.00 bits per heavy atom. The van der Waals surface area contributed by atoms with Crippen molar-refractivity contribution in [2.45, 2.75) is 13.8 Å². The maximum atomic E-state index is 7.08. The summed E-state index contributed by atoms with van der Waals surface area (Å²) in [7, 11) is 1.77. The van der Waals surface area contributed by atoms with Gasteiger partial charge in [0.1, 0.15) is 0 Å². The van der Waals surface area contributed by atoms with Crippen molar-refractivity contribution < 1.29 is 0 Å². The topological polar surface area (TPSA) is 35.9 Å². The maximum absolute atomic E-state index is 7.08. The molecule has 0 aromatic rings. The minimum absolute atomic E-state index is 0.338. The third-order valence-corrected chi connectivity index (χ3v) is 0.847. The monoisotopic (exact) mass is 100 g/mol. The molecule has 0 unspecified atom stereocenters. The Bertz CT molecular complexity index is 66.5. The lowest BCUT2D eigenvalue weighted by Crippen LogP contribution is -2.22. The molecule has 0 aliphatic rings. The molecule has 2 heteroatoms. The smallest absolute Gasteiger partial charge is 0.0955 e. The van der Waals surface area contributed by atoms with E-state index in [4.69, 9.17) is 5.41 Å². The van der Waals surface area contributed by atoms with Crippen LogP contribution < -0.4 is 5.32 Å². The molecule has 0 atom stereocenters. The summed E-state index contributed by atoms with van der Waals surface area (Å²) in [5, 5.41) is 9.83. The fourth-order valence-corrected chi connectivity index (χ4v) is 0.289. The largest absolute Gasteiger partial charge is 0.377 e. The number of amidine groups is 1. The molecule has 7 heavy (non-hydrogen) atoms. The molecule has 0 saturated heterocycles. The van der Waals surface area contributed by atoms with Crippen LogP contribution in [0.1, 0.15) is 13.8 Å². The predicted octanol–water partition coefficient (Wildman–Crippen LogP) is 0.839. The molecule has 0 radical (unpaired) electrons. The van der Waals surface area contributed by atoms with E-state index in [1.165, 1.54) is 0 Å². The lowest BCUT2D eigenvalue weighted by molar-refractivity contribution is 0.829. The van der Waals surface area contributed by atoms with Crippen LogP contribution >= 0.6 is 0 Å². The molecule has 2 N–H and O–H groups in total. The zero-order valence-corrected chi connectivity index (χ0v) is 5.08. The normalized spacial score (nSPS) is 9.14. The van der Waals surface area contributed by atoms with Crippen LogP contribution in [0, 0.1) is 11.3 Å². The zero-order chi connectivity index (χ0) is 5.86. The van der Waals surface area contributed by atoms with E-state index in [1.807, 2.05) is 13.8 Å². The number of rotatable bonds is 1. The first-order valence-electron chi connectivity index (χ1n) is 2.44. The number of hydrogen-bond acceptors (Lipinski definition) is 1. The molecular weight excluding hydrogens is 88.1 g/mol. The molecule has 0 rings (SSSR count). The molecule has 0 aliphatic carbocycles. The molecular formula is C5H12N2. The van der Waals surface area contributed by atoms with Crippen molar-refractivity contribution in [3.8, 4) is 0 Å². The van der Waals surface area contributed by atoms with Gasteiger partial charge in [0, 0.05) is 13.0 Å². The summed E-state index contributed by atoms with van der Waals surface area (Å²) in [4.78, 5) is 0. The average Bonchev–Trinajstić information content (AvgIpc) is 1.65. The van der Waals surface area contributed by atoms with Gasteiger partial charge in [-0.05, 0) is 0 Å². The summed E-state index contributed by atoms with van der Waals surface area (Å²) in [6.45, 7) is 3.97. The second-order valence-corrected chi connectivity index (χ2v) is 1.82. The predicted molar refractivity (Wildman–Crippen MR) is 31.6 cm³/mol. The van der Waals surface area contributed by atoms with Gasteiger partial charge in [0.2, 0.25) is 0 Å². The summed E-state index contributed by atoms with van der Waals surface area (Å²) >= 11 is 0. The van der Waals surface area contributed by atoms with Crippen molar-refractivity contribution in [3.63, 3.8) is 0 Å². The fourth-order valence-electron chi connectivity index (χ4n) is 0.289. The Morgan fingerprint density at radius 1 is 1.57 bits per heavy atom. The fraction of sp³-hybridized carbons (Fsp3) is 0.800. The summed E-state index contributed by atoms with van der Waals surface area (Å²) < 4.78 is 0. The molecule has 0 aliphatic heterocycles. The molecule has 0 spiro atoms. The highest BCUT2D eigenvalue weighted by molar-refractivity contribution is 5.80. The van der Waals surface area contributed by atoms with E-state index in [-0.39, 0.29) is 0 Å². The molecule has 0 saturated carbocycles. The summed E-state index contributed by atoms with van der Waals surface area (Å²) in [5.74, 6) is 0.935. The van der Waals surface area contributed by atoms with E-state index < -0.39 is 0 Å². The minimum atomic E-state index is 0.338. The second kappa shape index (κ2) is 2.61. The van der Waals surface area contributed by atoms with Crippen LogP contribution in [0.15, 0.2) is 0 Å². The highest BCUT2D eigenvalue weighted by Gasteiger charge is 1.95. The molecule has 2 nitrogen and oxygen atoms in total. The molecule has 0 bridgehead atoms. The van der Waals surface area contributed by atoms with Crippen molar-refractivity contribution >= 4 is 5.84 Å². The van der Waals surface area contributed by atoms with Gasteiger partial charge in [0.05, 0.1) is 5.84 Å². The average molecular weight is 100 g/mol. The van der Waals surface area contributed by atoms with Crippen LogP contribution in [0.25, 0.3) is 0 Å². The van der Waals surface area contributed by atoms with Gasteiger partial charge >= 0.3 is 0 Å². The van der Waals surface area contributed by atoms with Crippen molar-refractivity contribution in [1.29, 1.82) is 5.41 Å². The third-order valence-electron chi connectivity index (χ3n) is 0.847. The van der Waals surface area contributed by atoms with E-state index in [0.29, 0.717) is 11.8 Å². The minimum Gasteiger partial charge on any atom is -0.377 e. The Morgan fingerprint density at radius 2 is 2.00 bits per heavy atom. The molecule has 0 fully saturated rings. The molecule has 0 aromatic heterocycles. The molecule has 42 valence electrons. The van der Waals surface area contributed by atoms with E-state index >= 15 is 0 Å². The third kappa shape index (κ3) is 2.20. The summed E-state index contributed by atoms with van der Waals surface area (Å²) in [6.07, 6.45) is 0. The Hall–Kier alpha value is -0.530. The van der Waals surface area contributed by atoms with Crippen LogP contribution in [0.2, 0.25) is 0 Å². The van der Waals surface area contributed by atoms with Crippen molar-refractivity contribution in [3.05, 3.63) is 0 Å². The van der Waals surface area contributed by atoms with Crippen LogP contribution in [0.4, 0.5) is 0 Å².